The lowest BCUT2D eigenvalue weighted by Gasteiger charge is -2.32. The van der Waals surface area contributed by atoms with Crippen LogP contribution in [0, 0.1) is 0 Å². The molecule has 2 rings (SSSR count). The summed E-state index contributed by atoms with van der Waals surface area (Å²) in [6.07, 6.45) is -1.63. The molecule has 9 heteroatoms. The zero-order chi connectivity index (χ0) is 19.8. The summed E-state index contributed by atoms with van der Waals surface area (Å²) < 4.78 is 56.3. The van der Waals surface area contributed by atoms with Gasteiger partial charge in [0.1, 0.15) is 5.56 Å². The predicted octanol–water partition coefficient (Wildman–Crippen LogP) is 3.34. The Morgan fingerprint density at radius 1 is 1.27 bits per heavy atom. The van der Waals surface area contributed by atoms with Gasteiger partial charge < -0.3 is 19.4 Å². The Kier molecular flexibility index (Phi) is 5.75. The molecule has 1 saturated heterocycles. The van der Waals surface area contributed by atoms with Crippen molar-refractivity contribution in [3.8, 4) is 5.88 Å². The largest absolute Gasteiger partial charge is 0.491 e. The minimum atomic E-state index is -4.56. The zero-order valence-corrected chi connectivity index (χ0v) is 15.8. The van der Waals surface area contributed by atoms with Crippen LogP contribution in [-0.2, 0) is 15.5 Å². The summed E-state index contributed by atoms with van der Waals surface area (Å²) in [4.78, 5) is 3.77. The molecule has 0 bridgehead atoms. The van der Waals surface area contributed by atoms with Crippen LogP contribution in [-0.4, -0.2) is 44.0 Å². The lowest BCUT2D eigenvalue weighted by atomic mass is 9.77. The SMILES string of the molecule is CNCC(=Cc1cnc(OC)c(C(F)(F)F)c1)B1OC(C)(C)C(C)(C)O1. The maximum absolute atomic E-state index is 13.2. The van der Waals surface area contributed by atoms with Gasteiger partial charge in [-0.15, -0.1) is 0 Å². The highest BCUT2D eigenvalue weighted by Crippen LogP contribution is 2.39. The Labute approximate surface area is 152 Å². The average Bonchev–Trinajstić information content (AvgIpc) is 2.74. The lowest BCUT2D eigenvalue weighted by Crippen LogP contribution is -2.41. The number of likely N-dealkylation sites (N-methyl/N-ethyl adjacent to an activating group) is 1. The number of ether oxygens (including phenoxy) is 1. The quantitative estimate of drug-likeness (QED) is 0.804. The van der Waals surface area contributed by atoms with Crippen molar-refractivity contribution < 1.29 is 27.2 Å². The molecule has 1 aromatic heterocycles. The summed E-state index contributed by atoms with van der Waals surface area (Å²) in [5, 5.41) is 2.99. The van der Waals surface area contributed by atoms with Gasteiger partial charge in [-0.25, -0.2) is 4.98 Å². The molecule has 1 aliphatic heterocycles. The van der Waals surface area contributed by atoms with Gasteiger partial charge in [-0.1, -0.05) is 6.08 Å². The maximum atomic E-state index is 13.2. The number of rotatable bonds is 5. The average molecular weight is 372 g/mol. The summed E-state index contributed by atoms with van der Waals surface area (Å²) in [6.45, 7) is 8.06. The summed E-state index contributed by atoms with van der Waals surface area (Å²) in [5.41, 5.74) is -1.05. The number of pyridine rings is 1. The van der Waals surface area contributed by atoms with Gasteiger partial charge in [0.15, 0.2) is 0 Å². The molecular formula is C17H24BF3N2O3. The molecule has 0 saturated carbocycles. The molecule has 1 fully saturated rings. The van der Waals surface area contributed by atoms with E-state index < -0.39 is 35.9 Å². The smallest absolute Gasteiger partial charge is 0.481 e. The molecule has 0 aromatic carbocycles. The molecule has 2 heterocycles. The second kappa shape index (κ2) is 7.21. The molecule has 0 aliphatic carbocycles. The van der Waals surface area contributed by atoms with Gasteiger partial charge in [0.2, 0.25) is 5.88 Å². The second-order valence-corrected chi connectivity index (χ2v) is 7.16. The summed E-state index contributed by atoms with van der Waals surface area (Å²) >= 11 is 0. The third-order valence-electron chi connectivity index (χ3n) is 4.66. The van der Waals surface area contributed by atoms with Crippen LogP contribution in [0.1, 0.15) is 38.8 Å². The van der Waals surface area contributed by atoms with E-state index in [1.165, 1.54) is 6.20 Å². The molecule has 0 radical (unpaired) electrons. The summed E-state index contributed by atoms with van der Waals surface area (Å²) in [6, 6.07) is 1.01. The van der Waals surface area contributed by atoms with E-state index in [2.05, 4.69) is 10.3 Å². The van der Waals surface area contributed by atoms with Crippen LogP contribution in [0.25, 0.3) is 6.08 Å². The van der Waals surface area contributed by atoms with Crippen LogP contribution >= 0.6 is 0 Å². The van der Waals surface area contributed by atoms with Crippen molar-refractivity contribution in [3.63, 3.8) is 0 Å². The topological polar surface area (TPSA) is 52.6 Å². The van der Waals surface area contributed by atoms with Crippen molar-refractivity contribution in [1.29, 1.82) is 0 Å². The van der Waals surface area contributed by atoms with E-state index in [4.69, 9.17) is 14.0 Å². The number of methoxy groups -OCH3 is 1. The van der Waals surface area contributed by atoms with E-state index in [1.54, 1.807) is 13.1 Å². The highest BCUT2D eigenvalue weighted by atomic mass is 19.4. The van der Waals surface area contributed by atoms with E-state index in [1.807, 2.05) is 27.7 Å². The van der Waals surface area contributed by atoms with Crippen LogP contribution < -0.4 is 10.1 Å². The Morgan fingerprint density at radius 2 is 1.85 bits per heavy atom. The van der Waals surface area contributed by atoms with Crippen molar-refractivity contribution in [2.24, 2.45) is 0 Å². The molecule has 1 N–H and O–H groups in total. The van der Waals surface area contributed by atoms with Crippen molar-refractivity contribution in [2.45, 2.75) is 45.1 Å². The van der Waals surface area contributed by atoms with Crippen molar-refractivity contribution >= 4 is 13.2 Å². The first-order chi connectivity index (χ1) is 11.9. The van der Waals surface area contributed by atoms with Crippen molar-refractivity contribution in [1.82, 2.24) is 10.3 Å². The maximum Gasteiger partial charge on any atom is 0.491 e. The predicted molar refractivity (Wildman–Crippen MR) is 93.8 cm³/mol. The minimum Gasteiger partial charge on any atom is -0.481 e. The van der Waals surface area contributed by atoms with E-state index >= 15 is 0 Å². The zero-order valence-electron chi connectivity index (χ0n) is 15.8. The third kappa shape index (κ3) is 4.21. The van der Waals surface area contributed by atoms with Gasteiger partial charge in [-0.3, -0.25) is 0 Å². The molecule has 0 unspecified atom stereocenters. The van der Waals surface area contributed by atoms with Crippen LogP contribution in [0.2, 0.25) is 0 Å². The Hall–Kier alpha value is -1.58. The van der Waals surface area contributed by atoms with E-state index in [0.29, 0.717) is 12.0 Å². The van der Waals surface area contributed by atoms with E-state index in [0.717, 1.165) is 13.2 Å². The fourth-order valence-electron chi connectivity index (χ4n) is 2.53. The fourth-order valence-corrected chi connectivity index (χ4v) is 2.53. The standard InChI is InChI=1S/C17H24BF3N2O3/c1-15(2)16(3,4)26-18(25-15)12(10-22-5)7-11-8-13(17(19,20)21)14(24-6)23-9-11/h7-9,22H,10H2,1-6H3. The highest BCUT2D eigenvalue weighted by Gasteiger charge is 2.52. The first kappa shape index (κ1) is 20.7. The van der Waals surface area contributed by atoms with E-state index in [-0.39, 0.29) is 5.56 Å². The monoisotopic (exact) mass is 372 g/mol. The van der Waals surface area contributed by atoms with Crippen LogP contribution in [0.4, 0.5) is 13.2 Å². The molecule has 0 amide bonds. The molecule has 5 nitrogen and oxygen atoms in total. The molecule has 0 spiro atoms. The molecule has 144 valence electrons. The van der Waals surface area contributed by atoms with Gasteiger partial charge in [0.05, 0.1) is 18.3 Å². The fraction of sp³-hybridized carbons (Fsp3) is 0.588. The summed E-state index contributed by atoms with van der Waals surface area (Å²) in [5.74, 6) is -0.458. The Bertz CT molecular complexity index is 674. The number of nitrogens with zero attached hydrogens (tertiary/aromatic N) is 1. The number of nitrogens with one attached hydrogen (secondary N) is 1. The van der Waals surface area contributed by atoms with Gasteiger partial charge in [-0.05, 0) is 51.8 Å². The number of halogens is 3. The normalized spacial score (nSPS) is 19.7. The van der Waals surface area contributed by atoms with Crippen LogP contribution in [0.3, 0.4) is 0 Å². The number of alkyl halides is 3. The number of hydrogen-bond acceptors (Lipinski definition) is 5. The molecule has 0 atom stereocenters. The Morgan fingerprint density at radius 3 is 2.31 bits per heavy atom. The molecule has 26 heavy (non-hydrogen) atoms. The summed E-state index contributed by atoms with van der Waals surface area (Å²) in [7, 11) is 2.24. The lowest BCUT2D eigenvalue weighted by molar-refractivity contribution is -0.139. The first-order valence-corrected chi connectivity index (χ1v) is 8.23. The highest BCUT2D eigenvalue weighted by molar-refractivity contribution is 6.55. The van der Waals surface area contributed by atoms with Gasteiger partial charge in [0.25, 0.3) is 0 Å². The minimum absolute atomic E-state index is 0.290. The first-order valence-electron chi connectivity index (χ1n) is 8.23. The molecular weight excluding hydrogens is 348 g/mol. The van der Waals surface area contributed by atoms with E-state index in [9.17, 15) is 13.2 Å². The van der Waals surface area contributed by atoms with Gasteiger partial charge >= 0.3 is 13.3 Å². The number of hydrogen-bond donors (Lipinski definition) is 1. The van der Waals surface area contributed by atoms with Crippen LogP contribution in [0.15, 0.2) is 17.7 Å². The van der Waals surface area contributed by atoms with Gasteiger partial charge in [0, 0.05) is 12.7 Å². The number of aromatic nitrogens is 1. The van der Waals surface area contributed by atoms with Crippen LogP contribution in [0.5, 0.6) is 5.88 Å². The Balaban J connectivity index is 2.41. The van der Waals surface area contributed by atoms with Crippen molar-refractivity contribution in [3.05, 3.63) is 28.9 Å². The van der Waals surface area contributed by atoms with Gasteiger partial charge in [-0.2, -0.15) is 13.2 Å². The second-order valence-electron chi connectivity index (χ2n) is 7.16. The third-order valence-corrected chi connectivity index (χ3v) is 4.66. The molecule has 1 aliphatic rings. The molecule has 1 aromatic rings. The van der Waals surface area contributed by atoms with Crippen molar-refractivity contribution in [2.75, 3.05) is 20.7 Å².